The molecule has 9 nitrogen and oxygen atoms in total. The molecular formula is C20H23N5O4. The first kappa shape index (κ1) is 17.7. The van der Waals surface area contributed by atoms with Gasteiger partial charge in [0.15, 0.2) is 5.78 Å². The van der Waals surface area contributed by atoms with Gasteiger partial charge in [0.1, 0.15) is 12.3 Å². The summed E-state index contributed by atoms with van der Waals surface area (Å²) in [5, 5.41) is 20.4. The number of piperazine rings is 1. The van der Waals surface area contributed by atoms with Gasteiger partial charge in [0, 0.05) is 47.8 Å². The SMILES string of the molecule is CN1[C@H]2[C@H]3C[C@@H]1[C@@H](C#N)N1[C@@H]2[C@H](C2=C(C(=O)C(N)=CC2=O)[C@H]1CO)N1CCO[C@@H]31. The lowest BCUT2D eigenvalue weighted by Gasteiger charge is -2.61. The molecule has 1 aliphatic carbocycles. The minimum Gasteiger partial charge on any atom is -0.395 e. The Hall–Kier alpha value is -2.09. The van der Waals surface area contributed by atoms with Crippen LogP contribution in [0.15, 0.2) is 22.9 Å². The summed E-state index contributed by atoms with van der Waals surface area (Å²) in [5.41, 5.74) is 6.48. The van der Waals surface area contributed by atoms with Gasteiger partial charge in [-0.15, -0.1) is 0 Å². The van der Waals surface area contributed by atoms with Crippen molar-refractivity contribution in [3.05, 3.63) is 22.9 Å². The zero-order valence-corrected chi connectivity index (χ0v) is 16.1. The van der Waals surface area contributed by atoms with E-state index in [1.807, 2.05) is 11.9 Å². The molecule has 4 saturated heterocycles. The number of likely N-dealkylation sites (N-methyl/N-ethyl adjacent to an activating group) is 1. The minimum absolute atomic E-state index is 0.00506. The average molecular weight is 397 g/mol. The first-order valence-corrected chi connectivity index (χ1v) is 10.2. The number of aliphatic hydroxyl groups is 1. The van der Waals surface area contributed by atoms with E-state index in [0.29, 0.717) is 18.7 Å². The summed E-state index contributed by atoms with van der Waals surface area (Å²) in [6.07, 6.45) is 1.92. The Morgan fingerprint density at radius 3 is 2.86 bits per heavy atom. The second-order valence-corrected chi connectivity index (χ2v) is 8.90. The minimum atomic E-state index is -0.697. The summed E-state index contributed by atoms with van der Waals surface area (Å²) < 4.78 is 6.11. The van der Waals surface area contributed by atoms with Crippen molar-refractivity contribution >= 4 is 11.6 Å². The monoisotopic (exact) mass is 397 g/mol. The van der Waals surface area contributed by atoms with Gasteiger partial charge in [0.05, 0.1) is 37.1 Å². The standard InChI is InChI=1S/C20H23N5O4/c1-23-10-4-8-16(23)18-17(24-2-3-29-20(8)24)15-13(27)5-9(22)19(28)14(15)12(7-26)25(18)11(10)6-21/h5,8,10-12,16-18,20,26H,2-4,7,22H2,1H3/t8-,10-,11-,12-,16+,17+,18+,20+/m1/s1. The van der Waals surface area contributed by atoms with Gasteiger partial charge in [-0.05, 0) is 13.5 Å². The molecule has 0 spiro atoms. The Balaban J connectivity index is 1.63. The molecule has 5 heterocycles. The van der Waals surface area contributed by atoms with Gasteiger partial charge in [-0.25, -0.2) is 0 Å². The normalized spacial score (nSPS) is 46.4. The van der Waals surface area contributed by atoms with E-state index >= 15 is 0 Å². The third kappa shape index (κ3) is 1.92. The molecule has 2 bridgehead atoms. The largest absolute Gasteiger partial charge is 0.395 e. The van der Waals surface area contributed by atoms with Crippen LogP contribution in [0.1, 0.15) is 6.42 Å². The molecule has 152 valence electrons. The summed E-state index contributed by atoms with van der Waals surface area (Å²) in [5.74, 6) is -0.439. The third-order valence-corrected chi connectivity index (χ3v) is 7.98. The average Bonchev–Trinajstić information content (AvgIpc) is 3.28. The highest BCUT2D eigenvalue weighted by Gasteiger charge is 2.68. The number of Topliss-reactive ketones (excluding diaryl/α,β-unsaturated/α-hetero) is 1. The number of hydrogen-bond acceptors (Lipinski definition) is 9. The van der Waals surface area contributed by atoms with Crippen molar-refractivity contribution in [3.8, 4) is 6.07 Å². The highest BCUT2D eigenvalue weighted by Crippen LogP contribution is 2.54. The topological polar surface area (TPSA) is 123 Å². The van der Waals surface area contributed by atoms with Crippen LogP contribution in [0.3, 0.4) is 0 Å². The third-order valence-electron chi connectivity index (χ3n) is 7.98. The second kappa shape index (κ2) is 5.74. The van der Waals surface area contributed by atoms with Gasteiger partial charge in [0.25, 0.3) is 0 Å². The highest BCUT2D eigenvalue weighted by molar-refractivity contribution is 6.23. The Kier molecular flexibility index (Phi) is 3.51. The summed E-state index contributed by atoms with van der Waals surface area (Å²) in [6, 6.07) is 0.855. The fourth-order valence-electron chi connectivity index (χ4n) is 7.07. The van der Waals surface area contributed by atoms with E-state index in [1.54, 1.807) is 0 Å². The van der Waals surface area contributed by atoms with Crippen molar-refractivity contribution in [1.82, 2.24) is 14.7 Å². The quantitative estimate of drug-likeness (QED) is 0.482. The Labute approximate surface area is 168 Å². The van der Waals surface area contributed by atoms with Crippen LogP contribution >= 0.6 is 0 Å². The van der Waals surface area contributed by atoms with Gasteiger partial charge < -0.3 is 15.6 Å². The van der Waals surface area contributed by atoms with Gasteiger partial charge in [-0.1, -0.05) is 0 Å². The number of nitrogens with two attached hydrogens (primary N) is 1. The maximum absolute atomic E-state index is 13.1. The molecule has 0 saturated carbocycles. The summed E-state index contributed by atoms with van der Waals surface area (Å²) in [7, 11) is 2.04. The van der Waals surface area contributed by atoms with E-state index in [4.69, 9.17) is 10.5 Å². The van der Waals surface area contributed by atoms with Gasteiger partial charge in [-0.3, -0.25) is 24.3 Å². The molecule has 0 unspecified atom stereocenters. The van der Waals surface area contributed by atoms with E-state index in [2.05, 4.69) is 15.9 Å². The Bertz CT molecular complexity index is 938. The molecule has 6 aliphatic rings. The molecule has 9 heteroatoms. The molecule has 0 aromatic carbocycles. The van der Waals surface area contributed by atoms with Crippen LogP contribution in [0.25, 0.3) is 0 Å². The van der Waals surface area contributed by atoms with Crippen LogP contribution in [0.4, 0.5) is 0 Å². The van der Waals surface area contributed by atoms with E-state index in [0.717, 1.165) is 6.42 Å². The van der Waals surface area contributed by atoms with Crippen molar-refractivity contribution in [2.45, 2.75) is 48.9 Å². The molecule has 8 atom stereocenters. The number of fused-ring (bicyclic) bond motifs is 5. The maximum Gasteiger partial charge on any atom is 0.206 e. The molecule has 0 amide bonds. The number of rotatable bonds is 1. The number of nitriles is 1. The van der Waals surface area contributed by atoms with Gasteiger partial charge in [-0.2, -0.15) is 5.26 Å². The lowest BCUT2D eigenvalue weighted by molar-refractivity contribution is -0.144. The number of nitrogens with zero attached hydrogens (tertiary/aromatic N) is 4. The maximum atomic E-state index is 13.1. The summed E-state index contributed by atoms with van der Waals surface area (Å²) in [4.78, 5) is 32.7. The zero-order valence-electron chi connectivity index (χ0n) is 16.1. The fraction of sp³-hybridized carbons (Fsp3) is 0.650. The van der Waals surface area contributed by atoms with Crippen LogP contribution in [-0.2, 0) is 14.3 Å². The van der Waals surface area contributed by atoms with Gasteiger partial charge >= 0.3 is 0 Å². The number of carbonyl (C=O) groups is 2. The number of carbonyl (C=O) groups excluding carboxylic acids is 2. The van der Waals surface area contributed by atoms with Crippen molar-refractivity contribution in [2.75, 3.05) is 26.8 Å². The second-order valence-electron chi connectivity index (χ2n) is 8.90. The lowest BCUT2D eigenvalue weighted by atomic mass is 9.70. The molecule has 0 aromatic rings. The predicted octanol–water partition coefficient (Wildman–Crippen LogP) is -2.04. The van der Waals surface area contributed by atoms with Crippen molar-refractivity contribution < 1.29 is 19.4 Å². The van der Waals surface area contributed by atoms with E-state index in [9.17, 15) is 20.0 Å². The van der Waals surface area contributed by atoms with Crippen molar-refractivity contribution in [2.24, 2.45) is 11.7 Å². The molecule has 0 radical (unpaired) electrons. The van der Waals surface area contributed by atoms with Crippen molar-refractivity contribution in [1.29, 1.82) is 5.26 Å². The van der Waals surface area contributed by atoms with Crippen LogP contribution < -0.4 is 5.73 Å². The number of aliphatic hydroxyl groups excluding tert-OH is 1. The zero-order chi connectivity index (χ0) is 20.2. The summed E-state index contributed by atoms with van der Waals surface area (Å²) in [6.45, 7) is 0.926. The number of ketones is 2. The Morgan fingerprint density at radius 2 is 2.14 bits per heavy atom. The first-order valence-electron chi connectivity index (χ1n) is 10.2. The van der Waals surface area contributed by atoms with Crippen LogP contribution in [0, 0.1) is 17.2 Å². The lowest BCUT2D eigenvalue weighted by Crippen LogP contribution is -2.78. The van der Waals surface area contributed by atoms with E-state index in [-0.39, 0.29) is 60.0 Å². The smallest absolute Gasteiger partial charge is 0.206 e. The van der Waals surface area contributed by atoms with E-state index in [1.165, 1.54) is 6.08 Å². The van der Waals surface area contributed by atoms with Gasteiger partial charge in [0.2, 0.25) is 5.78 Å². The molecule has 29 heavy (non-hydrogen) atoms. The number of allylic oxidation sites excluding steroid dienone is 2. The van der Waals surface area contributed by atoms with E-state index < -0.39 is 17.9 Å². The van der Waals surface area contributed by atoms with Crippen LogP contribution in [0.5, 0.6) is 0 Å². The van der Waals surface area contributed by atoms with Crippen LogP contribution in [-0.4, -0.2) is 101 Å². The molecule has 6 rings (SSSR count). The summed E-state index contributed by atoms with van der Waals surface area (Å²) >= 11 is 0. The Morgan fingerprint density at radius 1 is 1.34 bits per heavy atom. The molecule has 3 N–H and O–H groups in total. The molecule has 0 aromatic heterocycles. The molecule has 5 aliphatic heterocycles. The highest BCUT2D eigenvalue weighted by atomic mass is 16.5. The number of hydrogen-bond donors (Lipinski definition) is 2. The predicted molar refractivity (Wildman–Crippen MR) is 98.9 cm³/mol. The number of piperidine rings is 1. The fourth-order valence-corrected chi connectivity index (χ4v) is 7.07. The first-order chi connectivity index (χ1) is 14.0. The van der Waals surface area contributed by atoms with Crippen LogP contribution in [0.2, 0.25) is 0 Å². The molecular weight excluding hydrogens is 374 g/mol. The number of ether oxygens (including phenoxy) is 1. The molecule has 4 fully saturated rings. The van der Waals surface area contributed by atoms with Crippen molar-refractivity contribution in [3.63, 3.8) is 0 Å².